The summed E-state index contributed by atoms with van der Waals surface area (Å²) >= 11 is 1.13. The van der Waals surface area contributed by atoms with E-state index in [9.17, 15) is 13.2 Å². The molecular weight excluding hydrogens is 276 g/mol. The van der Waals surface area contributed by atoms with Crippen LogP contribution in [0.5, 0.6) is 0 Å². The Labute approximate surface area is 109 Å². The first-order valence-corrected chi connectivity index (χ1v) is 8.02. The van der Waals surface area contributed by atoms with Crippen molar-refractivity contribution in [1.29, 1.82) is 0 Å². The first kappa shape index (κ1) is 13.2. The van der Waals surface area contributed by atoms with Crippen LogP contribution in [0.1, 0.15) is 23.1 Å². The van der Waals surface area contributed by atoms with Crippen molar-refractivity contribution >= 4 is 32.2 Å². The molecule has 18 heavy (non-hydrogen) atoms. The number of amides is 1. The Kier molecular flexibility index (Phi) is 3.28. The van der Waals surface area contributed by atoms with Gasteiger partial charge in [0, 0.05) is 7.05 Å². The lowest BCUT2D eigenvalue weighted by atomic mass is 10.0. The molecule has 100 valence electrons. The van der Waals surface area contributed by atoms with Gasteiger partial charge in [-0.1, -0.05) is 11.3 Å². The van der Waals surface area contributed by atoms with Gasteiger partial charge in [-0.05, 0) is 13.3 Å². The van der Waals surface area contributed by atoms with Gasteiger partial charge < -0.3 is 10.6 Å². The van der Waals surface area contributed by atoms with Gasteiger partial charge in [-0.15, -0.1) is 10.2 Å². The van der Waals surface area contributed by atoms with E-state index >= 15 is 0 Å². The van der Waals surface area contributed by atoms with E-state index in [-0.39, 0.29) is 22.4 Å². The van der Waals surface area contributed by atoms with E-state index < -0.39 is 15.4 Å². The van der Waals surface area contributed by atoms with Crippen molar-refractivity contribution in [3.63, 3.8) is 0 Å². The Balaban J connectivity index is 2.08. The maximum absolute atomic E-state index is 11.9. The molecule has 1 unspecified atom stereocenters. The molecular formula is C9H14N4O3S2. The van der Waals surface area contributed by atoms with Crippen LogP contribution >= 0.6 is 11.3 Å². The molecule has 1 saturated heterocycles. The number of nitrogens with zero attached hydrogens (tertiary/aromatic N) is 2. The maximum atomic E-state index is 11.9. The number of carbonyl (C=O) groups is 1. The smallest absolute Gasteiger partial charge is 0.282 e. The fourth-order valence-electron chi connectivity index (χ4n) is 1.85. The van der Waals surface area contributed by atoms with Crippen LogP contribution in [-0.2, 0) is 9.84 Å². The Morgan fingerprint density at radius 1 is 1.44 bits per heavy atom. The second-order valence-electron chi connectivity index (χ2n) is 4.52. The summed E-state index contributed by atoms with van der Waals surface area (Å²) in [6, 6.07) is 0. The highest BCUT2D eigenvalue weighted by atomic mass is 32.2. The zero-order chi connectivity index (χ0) is 13.4. The number of anilines is 1. The zero-order valence-electron chi connectivity index (χ0n) is 10.1. The second-order valence-corrected chi connectivity index (χ2v) is 7.68. The van der Waals surface area contributed by atoms with E-state index in [0.29, 0.717) is 11.6 Å². The van der Waals surface area contributed by atoms with Gasteiger partial charge in [-0.3, -0.25) is 4.79 Å². The van der Waals surface area contributed by atoms with E-state index in [1.54, 1.807) is 14.0 Å². The molecule has 9 heteroatoms. The lowest BCUT2D eigenvalue weighted by Gasteiger charge is -2.22. The van der Waals surface area contributed by atoms with E-state index in [2.05, 4.69) is 20.8 Å². The van der Waals surface area contributed by atoms with Crippen LogP contribution in [0, 0.1) is 0 Å². The van der Waals surface area contributed by atoms with E-state index in [0.717, 1.165) is 11.3 Å². The van der Waals surface area contributed by atoms with Gasteiger partial charge in [0.25, 0.3) is 5.91 Å². The molecule has 0 aliphatic carbocycles. The Hall–Kier alpha value is -1.22. The van der Waals surface area contributed by atoms with Gasteiger partial charge in [0.1, 0.15) is 0 Å². The number of hydrogen-bond acceptors (Lipinski definition) is 7. The van der Waals surface area contributed by atoms with Gasteiger partial charge in [0.05, 0.1) is 17.0 Å². The van der Waals surface area contributed by atoms with Crippen LogP contribution < -0.4 is 10.6 Å². The quantitative estimate of drug-likeness (QED) is 0.805. The number of aromatic nitrogens is 2. The maximum Gasteiger partial charge on any atom is 0.282 e. The fourth-order valence-corrected chi connectivity index (χ4v) is 4.54. The first-order chi connectivity index (χ1) is 8.34. The first-order valence-electron chi connectivity index (χ1n) is 5.38. The summed E-state index contributed by atoms with van der Waals surface area (Å²) < 4.78 is 22.9. The van der Waals surface area contributed by atoms with Gasteiger partial charge in [-0.2, -0.15) is 0 Å². The number of sulfone groups is 1. The topological polar surface area (TPSA) is 101 Å². The largest absolute Gasteiger partial charge is 0.363 e. The minimum Gasteiger partial charge on any atom is -0.363 e. The molecule has 1 aromatic rings. The Morgan fingerprint density at radius 2 is 2.17 bits per heavy atom. The molecule has 2 heterocycles. The van der Waals surface area contributed by atoms with Gasteiger partial charge >= 0.3 is 0 Å². The summed E-state index contributed by atoms with van der Waals surface area (Å²) in [5.41, 5.74) is -0.707. The highest BCUT2D eigenvalue weighted by Gasteiger charge is 2.40. The predicted octanol–water partition coefficient (Wildman–Crippen LogP) is -0.113. The van der Waals surface area contributed by atoms with Crippen molar-refractivity contribution in [3.05, 3.63) is 5.01 Å². The fraction of sp³-hybridized carbons (Fsp3) is 0.667. The Bertz CT molecular complexity index is 568. The standard InChI is InChI=1S/C9H14N4O3S2/c1-9(3-4-18(15,16)5-9)11-6(14)7-12-13-8(10-2)17-7/h3-5H2,1-2H3,(H,10,13)(H,11,14). The molecule has 1 fully saturated rings. The van der Waals surface area contributed by atoms with Gasteiger partial charge in [-0.25, -0.2) is 8.42 Å². The molecule has 2 N–H and O–H groups in total. The van der Waals surface area contributed by atoms with Crippen molar-refractivity contribution in [2.75, 3.05) is 23.9 Å². The lowest BCUT2D eigenvalue weighted by molar-refractivity contribution is 0.0914. The molecule has 2 rings (SSSR count). The molecule has 1 aromatic heterocycles. The van der Waals surface area contributed by atoms with Gasteiger partial charge in [0.2, 0.25) is 10.1 Å². The van der Waals surface area contributed by atoms with Crippen molar-refractivity contribution in [3.8, 4) is 0 Å². The SMILES string of the molecule is CNc1nnc(C(=O)NC2(C)CCS(=O)(=O)C2)s1. The van der Waals surface area contributed by atoms with Crippen LogP contribution in [-0.4, -0.2) is 48.6 Å². The highest BCUT2D eigenvalue weighted by molar-refractivity contribution is 7.91. The lowest BCUT2D eigenvalue weighted by Crippen LogP contribution is -2.46. The molecule has 1 aliphatic heterocycles. The molecule has 0 spiro atoms. The second kappa shape index (κ2) is 4.47. The summed E-state index contributed by atoms with van der Waals surface area (Å²) in [4.78, 5) is 11.9. The molecule has 1 aliphatic rings. The minimum absolute atomic E-state index is 0.0244. The number of rotatable bonds is 3. The van der Waals surface area contributed by atoms with Crippen LogP contribution in [0.2, 0.25) is 0 Å². The van der Waals surface area contributed by atoms with Crippen molar-refractivity contribution in [2.24, 2.45) is 0 Å². The van der Waals surface area contributed by atoms with E-state index in [1.165, 1.54) is 0 Å². The highest BCUT2D eigenvalue weighted by Crippen LogP contribution is 2.24. The van der Waals surface area contributed by atoms with Gasteiger partial charge in [0.15, 0.2) is 9.84 Å². The molecule has 0 saturated carbocycles. The number of carbonyl (C=O) groups excluding carboxylic acids is 1. The molecule has 1 amide bonds. The molecule has 7 nitrogen and oxygen atoms in total. The van der Waals surface area contributed by atoms with E-state index in [1.807, 2.05) is 0 Å². The normalized spacial score (nSPS) is 25.9. The molecule has 0 aromatic carbocycles. The van der Waals surface area contributed by atoms with E-state index in [4.69, 9.17) is 0 Å². The average Bonchev–Trinajstić information content (AvgIpc) is 2.83. The minimum atomic E-state index is -3.04. The van der Waals surface area contributed by atoms with Crippen molar-refractivity contribution in [1.82, 2.24) is 15.5 Å². The summed E-state index contributed by atoms with van der Waals surface area (Å²) in [5.74, 6) is -0.293. The van der Waals surface area contributed by atoms with Crippen LogP contribution in [0.3, 0.4) is 0 Å². The van der Waals surface area contributed by atoms with Crippen molar-refractivity contribution < 1.29 is 13.2 Å². The summed E-state index contributed by atoms with van der Waals surface area (Å²) in [5, 5.41) is 13.8. The number of hydrogen-bond donors (Lipinski definition) is 2. The summed E-state index contributed by atoms with van der Waals surface area (Å²) in [7, 11) is -1.35. The summed E-state index contributed by atoms with van der Waals surface area (Å²) in [6.45, 7) is 1.73. The third-order valence-corrected chi connectivity index (χ3v) is 5.59. The third kappa shape index (κ3) is 2.78. The Morgan fingerprint density at radius 3 is 2.67 bits per heavy atom. The average molecular weight is 290 g/mol. The predicted molar refractivity (Wildman–Crippen MR) is 68.6 cm³/mol. The summed E-state index contributed by atoms with van der Waals surface area (Å²) in [6.07, 6.45) is 0.429. The zero-order valence-corrected chi connectivity index (χ0v) is 11.7. The molecule has 0 radical (unpaired) electrons. The van der Waals surface area contributed by atoms with Crippen LogP contribution in [0.15, 0.2) is 0 Å². The number of nitrogens with one attached hydrogen (secondary N) is 2. The third-order valence-electron chi connectivity index (χ3n) is 2.75. The van der Waals surface area contributed by atoms with Crippen molar-refractivity contribution in [2.45, 2.75) is 18.9 Å². The molecule has 1 atom stereocenters. The van der Waals surface area contributed by atoms with Crippen LogP contribution in [0.4, 0.5) is 5.13 Å². The molecule has 0 bridgehead atoms. The van der Waals surface area contributed by atoms with Crippen LogP contribution in [0.25, 0.3) is 0 Å². The monoisotopic (exact) mass is 290 g/mol.